The SMILES string of the molecule is CC(C)C(C)NC(=O)C1CCN(C(=O)CN(C)C(=O)c2cccs2)CC1. The van der Waals surface area contributed by atoms with E-state index < -0.39 is 0 Å². The Balaban J connectivity index is 1.79. The summed E-state index contributed by atoms with van der Waals surface area (Å²) in [6.07, 6.45) is 1.34. The summed E-state index contributed by atoms with van der Waals surface area (Å²) in [6, 6.07) is 3.74. The van der Waals surface area contributed by atoms with E-state index in [9.17, 15) is 14.4 Å². The summed E-state index contributed by atoms with van der Waals surface area (Å²) in [4.78, 5) is 40.9. The van der Waals surface area contributed by atoms with Crippen LogP contribution in [-0.4, -0.2) is 60.2 Å². The average Bonchev–Trinajstić information content (AvgIpc) is 3.15. The van der Waals surface area contributed by atoms with E-state index in [1.807, 2.05) is 18.4 Å². The maximum Gasteiger partial charge on any atom is 0.264 e. The molecule has 1 aliphatic rings. The van der Waals surface area contributed by atoms with Gasteiger partial charge in [0.25, 0.3) is 5.91 Å². The van der Waals surface area contributed by atoms with Crippen LogP contribution in [-0.2, 0) is 9.59 Å². The monoisotopic (exact) mass is 379 g/mol. The molecule has 0 aromatic carbocycles. The molecule has 6 nitrogen and oxygen atoms in total. The van der Waals surface area contributed by atoms with E-state index >= 15 is 0 Å². The van der Waals surface area contributed by atoms with Crippen LogP contribution >= 0.6 is 11.3 Å². The van der Waals surface area contributed by atoms with Crippen molar-refractivity contribution in [3.05, 3.63) is 22.4 Å². The van der Waals surface area contributed by atoms with Crippen LogP contribution in [0.5, 0.6) is 0 Å². The van der Waals surface area contributed by atoms with Crippen molar-refractivity contribution in [3.8, 4) is 0 Å². The average molecular weight is 380 g/mol. The molecule has 1 N–H and O–H groups in total. The normalized spacial score (nSPS) is 16.4. The summed E-state index contributed by atoms with van der Waals surface area (Å²) in [5.74, 6) is 0.253. The molecule has 3 amide bonds. The Bertz CT molecular complexity index is 622. The number of nitrogens with one attached hydrogen (secondary N) is 1. The van der Waals surface area contributed by atoms with Crippen LogP contribution in [0.2, 0.25) is 0 Å². The molecule has 0 spiro atoms. The standard InChI is InChI=1S/C19H29N3O3S/c1-13(2)14(3)20-18(24)15-7-9-22(10-8-15)17(23)12-21(4)19(25)16-6-5-11-26-16/h5-6,11,13-15H,7-10,12H2,1-4H3,(H,20,24). The lowest BCUT2D eigenvalue weighted by atomic mass is 9.94. The summed E-state index contributed by atoms with van der Waals surface area (Å²) in [5, 5.41) is 4.91. The van der Waals surface area contributed by atoms with Crippen molar-refractivity contribution in [1.29, 1.82) is 0 Å². The molecule has 2 rings (SSSR count). The zero-order chi connectivity index (χ0) is 19.3. The van der Waals surface area contributed by atoms with Gasteiger partial charge in [-0.3, -0.25) is 14.4 Å². The lowest BCUT2D eigenvalue weighted by Crippen LogP contribution is -2.48. The fourth-order valence-electron chi connectivity index (χ4n) is 2.86. The smallest absolute Gasteiger partial charge is 0.264 e. The van der Waals surface area contributed by atoms with Crippen molar-refractivity contribution in [3.63, 3.8) is 0 Å². The predicted molar refractivity (Wildman–Crippen MR) is 103 cm³/mol. The van der Waals surface area contributed by atoms with Crippen LogP contribution in [0.1, 0.15) is 43.3 Å². The Labute approximate surface area is 159 Å². The first-order chi connectivity index (χ1) is 12.3. The van der Waals surface area contributed by atoms with Gasteiger partial charge in [0.1, 0.15) is 0 Å². The van der Waals surface area contributed by atoms with Gasteiger partial charge in [0.05, 0.1) is 11.4 Å². The second-order valence-corrected chi connectivity index (χ2v) is 8.28. The first-order valence-corrected chi connectivity index (χ1v) is 10.0. The fraction of sp³-hybridized carbons (Fsp3) is 0.632. The van der Waals surface area contributed by atoms with Crippen molar-refractivity contribution in [2.24, 2.45) is 11.8 Å². The molecular formula is C19H29N3O3S. The van der Waals surface area contributed by atoms with Gasteiger partial charge in [-0.25, -0.2) is 0 Å². The van der Waals surface area contributed by atoms with Crippen molar-refractivity contribution in [2.45, 2.75) is 39.7 Å². The second-order valence-electron chi connectivity index (χ2n) is 7.33. The highest BCUT2D eigenvalue weighted by Crippen LogP contribution is 2.19. The van der Waals surface area contributed by atoms with Gasteiger partial charge in [0.2, 0.25) is 11.8 Å². The largest absolute Gasteiger partial charge is 0.353 e. The van der Waals surface area contributed by atoms with Gasteiger partial charge in [-0.15, -0.1) is 11.3 Å². The lowest BCUT2D eigenvalue weighted by molar-refractivity contribution is -0.136. The number of hydrogen-bond donors (Lipinski definition) is 1. The number of piperidine rings is 1. The highest BCUT2D eigenvalue weighted by molar-refractivity contribution is 7.12. The number of likely N-dealkylation sites (tertiary alicyclic amines) is 1. The minimum atomic E-state index is -0.134. The number of likely N-dealkylation sites (N-methyl/N-ethyl adjacent to an activating group) is 1. The molecule has 7 heteroatoms. The Morgan fingerprint density at radius 1 is 1.27 bits per heavy atom. The van der Waals surface area contributed by atoms with E-state index in [4.69, 9.17) is 0 Å². The molecule has 1 fully saturated rings. The molecule has 1 atom stereocenters. The second kappa shape index (κ2) is 9.16. The van der Waals surface area contributed by atoms with Gasteiger partial charge in [-0.1, -0.05) is 19.9 Å². The lowest BCUT2D eigenvalue weighted by Gasteiger charge is -2.33. The van der Waals surface area contributed by atoms with Crippen molar-refractivity contribution >= 4 is 29.1 Å². The molecular weight excluding hydrogens is 350 g/mol. The maximum absolute atomic E-state index is 12.5. The molecule has 1 aliphatic heterocycles. The fourth-order valence-corrected chi connectivity index (χ4v) is 3.58. The summed E-state index contributed by atoms with van der Waals surface area (Å²) in [5.41, 5.74) is 0. The van der Waals surface area contributed by atoms with Crippen LogP contribution in [0.15, 0.2) is 17.5 Å². The quantitative estimate of drug-likeness (QED) is 0.824. The van der Waals surface area contributed by atoms with E-state index in [2.05, 4.69) is 19.2 Å². The zero-order valence-corrected chi connectivity index (χ0v) is 16.8. The van der Waals surface area contributed by atoms with Gasteiger partial charge in [0, 0.05) is 32.1 Å². The zero-order valence-electron chi connectivity index (χ0n) is 16.0. The number of carbonyl (C=O) groups is 3. The van der Waals surface area contributed by atoms with Gasteiger partial charge in [0.15, 0.2) is 0 Å². The molecule has 1 saturated heterocycles. The van der Waals surface area contributed by atoms with E-state index in [0.717, 1.165) is 0 Å². The highest BCUT2D eigenvalue weighted by Gasteiger charge is 2.29. The molecule has 1 aromatic rings. The van der Waals surface area contributed by atoms with Crippen molar-refractivity contribution < 1.29 is 14.4 Å². The molecule has 0 saturated carbocycles. The van der Waals surface area contributed by atoms with Gasteiger partial charge in [-0.2, -0.15) is 0 Å². The van der Waals surface area contributed by atoms with Crippen LogP contribution < -0.4 is 5.32 Å². The first-order valence-electron chi connectivity index (χ1n) is 9.16. The third-order valence-corrected chi connectivity index (χ3v) is 5.90. The minimum absolute atomic E-state index is 0.0364. The van der Waals surface area contributed by atoms with Crippen LogP contribution in [0.3, 0.4) is 0 Å². The van der Waals surface area contributed by atoms with Gasteiger partial charge < -0.3 is 15.1 Å². The molecule has 0 radical (unpaired) electrons. The third-order valence-electron chi connectivity index (χ3n) is 5.04. The summed E-state index contributed by atoms with van der Waals surface area (Å²) < 4.78 is 0. The Hall–Kier alpha value is -1.89. The topological polar surface area (TPSA) is 69.7 Å². The molecule has 2 heterocycles. The molecule has 1 unspecified atom stereocenters. The molecule has 144 valence electrons. The van der Waals surface area contributed by atoms with Gasteiger partial charge >= 0.3 is 0 Å². The highest BCUT2D eigenvalue weighted by atomic mass is 32.1. The van der Waals surface area contributed by atoms with E-state index in [1.165, 1.54) is 16.2 Å². The van der Waals surface area contributed by atoms with Crippen molar-refractivity contribution in [1.82, 2.24) is 15.1 Å². The molecule has 1 aromatic heterocycles. The number of rotatable bonds is 6. The van der Waals surface area contributed by atoms with Crippen LogP contribution in [0, 0.1) is 11.8 Å². The number of nitrogens with zero attached hydrogens (tertiary/aromatic N) is 2. The number of amides is 3. The summed E-state index contributed by atoms with van der Waals surface area (Å²) >= 11 is 1.37. The van der Waals surface area contributed by atoms with Crippen LogP contribution in [0.25, 0.3) is 0 Å². The Morgan fingerprint density at radius 3 is 2.46 bits per heavy atom. The third kappa shape index (κ3) is 5.30. The van der Waals surface area contributed by atoms with Crippen LogP contribution in [0.4, 0.5) is 0 Å². The molecule has 0 bridgehead atoms. The number of carbonyl (C=O) groups excluding carboxylic acids is 3. The van der Waals surface area contributed by atoms with E-state index in [1.54, 1.807) is 18.0 Å². The first kappa shape index (κ1) is 20.4. The number of thiophene rings is 1. The van der Waals surface area contributed by atoms with E-state index in [-0.39, 0.29) is 36.2 Å². The minimum Gasteiger partial charge on any atom is -0.353 e. The number of hydrogen-bond acceptors (Lipinski definition) is 4. The summed E-state index contributed by atoms with van der Waals surface area (Å²) in [7, 11) is 1.65. The molecule has 26 heavy (non-hydrogen) atoms. The molecule has 0 aliphatic carbocycles. The Morgan fingerprint density at radius 2 is 1.92 bits per heavy atom. The Kier molecular flexibility index (Phi) is 7.20. The predicted octanol–water partition coefficient (Wildman–Crippen LogP) is 2.22. The summed E-state index contributed by atoms with van der Waals surface area (Å²) in [6.45, 7) is 7.38. The van der Waals surface area contributed by atoms with Gasteiger partial charge in [-0.05, 0) is 37.1 Å². The van der Waals surface area contributed by atoms with E-state index in [0.29, 0.717) is 36.7 Å². The maximum atomic E-state index is 12.5. The van der Waals surface area contributed by atoms with Crippen molar-refractivity contribution in [2.75, 3.05) is 26.7 Å².